The number of hydrogen-bond donors (Lipinski definition) is 1. The van der Waals surface area contributed by atoms with Crippen molar-refractivity contribution in [2.75, 3.05) is 17.7 Å². The molecule has 2 N–H and O–H groups in total. The fourth-order valence-corrected chi connectivity index (χ4v) is 2.46. The van der Waals surface area contributed by atoms with E-state index in [1.54, 1.807) is 12.4 Å². The van der Waals surface area contributed by atoms with Gasteiger partial charge in [0.25, 0.3) is 0 Å². The summed E-state index contributed by atoms with van der Waals surface area (Å²) >= 11 is 0. The van der Waals surface area contributed by atoms with Crippen LogP contribution >= 0.6 is 0 Å². The van der Waals surface area contributed by atoms with Crippen LogP contribution in [0, 0.1) is 6.92 Å². The molecule has 3 aromatic heterocycles. The van der Waals surface area contributed by atoms with E-state index in [4.69, 9.17) is 5.73 Å². The van der Waals surface area contributed by atoms with E-state index in [9.17, 15) is 0 Å². The van der Waals surface area contributed by atoms with Crippen molar-refractivity contribution in [2.45, 2.75) is 33.2 Å². The summed E-state index contributed by atoms with van der Waals surface area (Å²) in [6.45, 7) is 6.91. The van der Waals surface area contributed by atoms with Gasteiger partial charge in [-0.05, 0) is 12.8 Å². The Bertz CT molecular complexity index is 820. The molecule has 7 nitrogen and oxygen atoms in total. The van der Waals surface area contributed by atoms with E-state index >= 15 is 0 Å². The first kappa shape index (κ1) is 15.2. The number of nitrogens with zero attached hydrogens (tertiary/aromatic N) is 6. The normalized spacial score (nSPS) is 11.3. The Labute approximate surface area is 135 Å². The molecule has 0 amide bonds. The van der Waals surface area contributed by atoms with E-state index in [0.717, 1.165) is 28.4 Å². The third-order valence-electron chi connectivity index (χ3n) is 3.68. The van der Waals surface area contributed by atoms with Crippen molar-refractivity contribution in [2.24, 2.45) is 0 Å². The van der Waals surface area contributed by atoms with Crippen LogP contribution in [0.5, 0.6) is 0 Å². The van der Waals surface area contributed by atoms with Gasteiger partial charge in [0.05, 0.1) is 5.69 Å². The molecular formula is C16H21N7. The van der Waals surface area contributed by atoms with Crippen LogP contribution < -0.4 is 10.6 Å². The van der Waals surface area contributed by atoms with Crippen LogP contribution in [0.3, 0.4) is 0 Å². The van der Waals surface area contributed by atoms with Crippen LogP contribution in [0.4, 0.5) is 11.8 Å². The summed E-state index contributed by atoms with van der Waals surface area (Å²) < 4.78 is 1.87. The Morgan fingerprint density at radius 1 is 1.22 bits per heavy atom. The van der Waals surface area contributed by atoms with Gasteiger partial charge in [0.1, 0.15) is 5.82 Å². The maximum atomic E-state index is 5.54. The van der Waals surface area contributed by atoms with Crippen molar-refractivity contribution < 1.29 is 0 Å². The zero-order valence-corrected chi connectivity index (χ0v) is 13.9. The first-order valence-corrected chi connectivity index (χ1v) is 7.59. The second-order valence-electron chi connectivity index (χ2n) is 6.06. The third kappa shape index (κ3) is 3.08. The van der Waals surface area contributed by atoms with E-state index in [1.165, 1.54) is 0 Å². The SMILES string of the molecule is Cc1cc2nc(C(C)C)cc(N(C)Cc3cnc(N)nc3)n2n1. The summed E-state index contributed by atoms with van der Waals surface area (Å²) in [5.41, 5.74) is 9.39. The highest BCUT2D eigenvalue weighted by atomic mass is 15.3. The van der Waals surface area contributed by atoms with Gasteiger partial charge in [0.2, 0.25) is 5.95 Å². The zero-order chi connectivity index (χ0) is 16.6. The van der Waals surface area contributed by atoms with Crippen LogP contribution in [0.15, 0.2) is 24.5 Å². The summed E-state index contributed by atoms with van der Waals surface area (Å²) in [5.74, 6) is 1.62. The van der Waals surface area contributed by atoms with Gasteiger partial charge in [-0.3, -0.25) is 0 Å². The maximum absolute atomic E-state index is 5.54. The van der Waals surface area contributed by atoms with Crippen molar-refractivity contribution in [3.63, 3.8) is 0 Å². The Morgan fingerprint density at radius 2 is 1.91 bits per heavy atom. The highest BCUT2D eigenvalue weighted by Crippen LogP contribution is 2.22. The molecule has 0 aliphatic carbocycles. The number of nitrogen functional groups attached to an aromatic ring is 1. The summed E-state index contributed by atoms with van der Waals surface area (Å²) in [6, 6.07) is 4.08. The molecule has 120 valence electrons. The lowest BCUT2D eigenvalue weighted by Crippen LogP contribution is -2.21. The Balaban J connectivity index is 2.01. The lowest BCUT2D eigenvalue weighted by atomic mass is 10.1. The quantitative estimate of drug-likeness (QED) is 0.795. The molecule has 0 spiro atoms. The fraction of sp³-hybridized carbons (Fsp3) is 0.375. The molecule has 0 aliphatic rings. The van der Waals surface area contributed by atoms with Crippen molar-refractivity contribution in [3.8, 4) is 0 Å². The zero-order valence-electron chi connectivity index (χ0n) is 13.9. The van der Waals surface area contributed by atoms with Gasteiger partial charge in [-0.1, -0.05) is 13.8 Å². The summed E-state index contributed by atoms with van der Waals surface area (Å²) in [4.78, 5) is 14.9. The number of aromatic nitrogens is 5. The molecule has 0 aromatic carbocycles. The molecule has 0 radical (unpaired) electrons. The smallest absolute Gasteiger partial charge is 0.219 e. The Hall–Kier alpha value is -2.70. The van der Waals surface area contributed by atoms with Crippen molar-refractivity contribution in [3.05, 3.63) is 41.5 Å². The van der Waals surface area contributed by atoms with Gasteiger partial charge >= 0.3 is 0 Å². The van der Waals surface area contributed by atoms with Gasteiger partial charge in [0, 0.05) is 49.4 Å². The van der Waals surface area contributed by atoms with Crippen LogP contribution in [0.1, 0.15) is 36.7 Å². The topological polar surface area (TPSA) is 85.2 Å². The van der Waals surface area contributed by atoms with Gasteiger partial charge < -0.3 is 10.6 Å². The summed E-state index contributed by atoms with van der Waals surface area (Å²) in [6.07, 6.45) is 3.49. The van der Waals surface area contributed by atoms with Crippen LogP contribution in [0.25, 0.3) is 5.65 Å². The minimum absolute atomic E-state index is 0.285. The largest absolute Gasteiger partial charge is 0.368 e. The monoisotopic (exact) mass is 311 g/mol. The van der Waals surface area contributed by atoms with E-state index in [1.807, 2.05) is 24.6 Å². The molecule has 0 saturated heterocycles. The number of nitrogens with two attached hydrogens (primary N) is 1. The number of aryl methyl sites for hydroxylation is 1. The molecule has 0 unspecified atom stereocenters. The second kappa shape index (κ2) is 5.83. The van der Waals surface area contributed by atoms with Crippen molar-refractivity contribution in [1.29, 1.82) is 0 Å². The highest BCUT2D eigenvalue weighted by molar-refractivity contribution is 5.52. The molecule has 23 heavy (non-hydrogen) atoms. The first-order valence-electron chi connectivity index (χ1n) is 7.59. The van der Waals surface area contributed by atoms with Gasteiger partial charge in [-0.2, -0.15) is 9.61 Å². The Morgan fingerprint density at radius 3 is 2.57 bits per heavy atom. The number of anilines is 2. The standard InChI is InChI=1S/C16H21N7/c1-10(2)13-6-15(23-14(20-13)5-11(3)21-23)22(4)9-12-7-18-16(17)19-8-12/h5-8,10H,9H2,1-4H3,(H2,17,18,19). The minimum Gasteiger partial charge on any atom is -0.368 e. The highest BCUT2D eigenvalue weighted by Gasteiger charge is 2.14. The third-order valence-corrected chi connectivity index (χ3v) is 3.68. The van der Waals surface area contributed by atoms with E-state index in [2.05, 4.69) is 44.9 Å². The molecule has 0 aliphatic heterocycles. The van der Waals surface area contributed by atoms with Gasteiger partial charge in [-0.15, -0.1) is 0 Å². The van der Waals surface area contributed by atoms with Gasteiger partial charge in [-0.25, -0.2) is 15.0 Å². The van der Waals surface area contributed by atoms with E-state index in [0.29, 0.717) is 12.5 Å². The first-order chi connectivity index (χ1) is 10.9. The van der Waals surface area contributed by atoms with Gasteiger partial charge in [0.15, 0.2) is 5.65 Å². The maximum Gasteiger partial charge on any atom is 0.219 e. The average molecular weight is 311 g/mol. The molecule has 3 aromatic rings. The fourth-order valence-electron chi connectivity index (χ4n) is 2.46. The van der Waals surface area contributed by atoms with Crippen LogP contribution in [-0.2, 0) is 6.54 Å². The molecular weight excluding hydrogens is 290 g/mol. The predicted molar refractivity (Wildman–Crippen MR) is 90.4 cm³/mol. The number of rotatable bonds is 4. The predicted octanol–water partition coefficient (Wildman–Crippen LogP) is 2.17. The van der Waals surface area contributed by atoms with Crippen molar-refractivity contribution in [1.82, 2.24) is 24.6 Å². The minimum atomic E-state index is 0.285. The Kier molecular flexibility index (Phi) is 3.85. The van der Waals surface area contributed by atoms with E-state index < -0.39 is 0 Å². The molecule has 3 rings (SSSR count). The molecule has 7 heteroatoms. The van der Waals surface area contributed by atoms with E-state index in [-0.39, 0.29) is 5.95 Å². The average Bonchev–Trinajstić information content (AvgIpc) is 2.88. The molecule has 3 heterocycles. The summed E-state index contributed by atoms with van der Waals surface area (Å²) in [5, 5.41) is 4.55. The lowest BCUT2D eigenvalue weighted by molar-refractivity contribution is 0.780. The second-order valence-corrected chi connectivity index (χ2v) is 6.06. The van der Waals surface area contributed by atoms with Crippen LogP contribution in [-0.4, -0.2) is 31.6 Å². The number of hydrogen-bond acceptors (Lipinski definition) is 6. The summed E-state index contributed by atoms with van der Waals surface area (Å²) in [7, 11) is 2.02. The number of fused-ring (bicyclic) bond motifs is 1. The van der Waals surface area contributed by atoms with Crippen LogP contribution in [0.2, 0.25) is 0 Å². The van der Waals surface area contributed by atoms with Crippen molar-refractivity contribution >= 4 is 17.4 Å². The molecule has 0 fully saturated rings. The lowest BCUT2D eigenvalue weighted by Gasteiger charge is -2.21. The molecule has 0 saturated carbocycles. The molecule has 0 bridgehead atoms. The molecule has 0 atom stereocenters.